The molecular formula is C12H18N2O3S. The Morgan fingerprint density at radius 1 is 1.33 bits per heavy atom. The zero-order chi connectivity index (χ0) is 13.8. The summed E-state index contributed by atoms with van der Waals surface area (Å²) in [5, 5.41) is 5.56. The SMILES string of the molecule is CCS(=O)(=O)c1ccc(NC(C)=O)cc1CNC. The third-order valence-electron chi connectivity index (χ3n) is 2.46. The summed E-state index contributed by atoms with van der Waals surface area (Å²) < 4.78 is 23.8. The first kappa shape index (κ1) is 14.7. The van der Waals surface area contributed by atoms with E-state index in [0.29, 0.717) is 22.7 Å². The summed E-state index contributed by atoms with van der Waals surface area (Å²) >= 11 is 0. The quantitative estimate of drug-likeness (QED) is 0.842. The van der Waals surface area contributed by atoms with E-state index in [4.69, 9.17) is 0 Å². The van der Waals surface area contributed by atoms with Crippen LogP contribution in [-0.2, 0) is 21.2 Å². The third-order valence-corrected chi connectivity index (χ3v) is 4.29. The summed E-state index contributed by atoms with van der Waals surface area (Å²) in [5.74, 6) is -0.125. The lowest BCUT2D eigenvalue weighted by molar-refractivity contribution is -0.114. The van der Waals surface area contributed by atoms with E-state index >= 15 is 0 Å². The Hall–Kier alpha value is -1.40. The molecule has 1 amide bonds. The van der Waals surface area contributed by atoms with Gasteiger partial charge in [0.15, 0.2) is 9.84 Å². The molecule has 0 aliphatic heterocycles. The van der Waals surface area contributed by atoms with Crippen LogP contribution in [0.1, 0.15) is 19.4 Å². The molecular weight excluding hydrogens is 252 g/mol. The van der Waals surface area contributed by atoms with Crippen molar-refractivity contribution in [2.75, 3.05) is 18.1 Å². The highest BCUT2D eigenvalue weighted by atomic mass is 32.2. The van der Waals surface area contributed by atoms with Gasteiger partial charge in [-0.3, -0.25) is 4.79 Å². The summed E-state index contributed by atoms with van der Waals surface area (Å²) in [5.41, 5.74) is 1.26. The Morgan fingerprint density at radius 2 is 2.00 bits per heavy atom. The normalized spacial score (nSPS) is 11.3. The summed E-state index contributed by atoms with van der Waals surface area (Å²) in [7, 11) is -1.51. The molecule has 0 aliphatic rings. The monoisotopic (exact) mass is 270 g/mol. The molecule has 0 saturated heterocycles. The molecule has 6 heteroatoms. The number of benzene rings is 1. The fraction of sp³-hybridized carbons (Fsp3) is 0.417. The molecule has 0 saturated carbocycles. The van der Waals surface area contributed by atoms with Crippen molar-refractivity contribution in [3.05, 3.63) is 23.8 Å². The van der Waals surface area contributed by atoms with Crippen LogP contribution in [0.2, 0.25) is 0 Å². The molecule has 0 aliphatic carbocycles. The minimum Gasteiger partial charge on any atom is -0.326 e. The number of amides is 1. The van der Waals surface area contributed by atoms with Gasteiger partial charge in [0.25, 0.3) is 0 Å². The largest absolute Gasteiger partial charge is 0.326 e. The lowest BCUT2D eigenvalue weighted by atomic mass is 10.2. The number of anilines is 1. The van der Waals surface area contributed by atoms with Gasteiger partial charge in [0.05, 0.1) is 10.6 Å². The predicted molar refractivity (Wildman–Crippen MR) is 71.2 cm³/mol. The second-order valence-electron chi connectivity index (χ2n) is 3.94. The van der Waals surface area contributed by atoms with E-state index in [-0.39, 0.29) is 11.7 Å². The molecule has 0 atom stereocenters. The van der Waals surface area contributed by atoms with Gasteiger partial charge in [-0.2, -0.15) is 0 Å². The van der Waals surface area contributed by atoms with Gasteiger partial charge in [0, 0.05) is 19.2 Å². The first-order chi connectivity index (χ1) is 8.40. The molecule has 100 valence electrons. The number of rotatable bonds is 5. The Balaban J connectivity index is 3.24. The fourth-order valence-electron chi connectivity index (χ4n) is 1.65. The van der Waals surface area contributed by atoms with Crippen molar-refractivity contribution in [3.63, 3.8) is 0 Å². The van der Waals surface area contributed by atoms with Crippen LogP contribution in [0, 0.1) is 0 Å². The van der Waals surface area contributed by atoms with E-state index in [1.165, 1.54) is 13.0 Å². The molecule has 0 bridgehead atoms. The lowest BCUT2D eigenvalue weighted by Crippen LogP contribution is -2.14. The van der Waals surface area contributed by atoms with Gasteiger partial charge in [0.1, 0.15) is 0 Å². The topological polar surface area (TPSA) is 75.3 Å². The third kappa shape index (κ3) is 3.54. The minimum atomic E-state index is -3.25. The van der Waals surface area contributed by atoms with Crippen molar-refractivity contribution in [2.45, 2.75) is 25.3 Å². The number of hydrogen-bond donors (Lipinski definition) is 2. The zero-order valence-corrected chi connectivity index (χ0v) is 11.6. The molecule has 5 nitrogen and oxygen atoms in total. The van der Waals surface area contributed by atoms with Crippen LogP contribution in [0.3, 0.4) is 0 Å². The summed E-state index contributed by atoms with van der Waals surface area (Å²) in [6, 6.07) is 4.82. The lowest BCUT2D eigenvalue weighted by Gasteiger charge is -2.11. The number of carbonyl (C=O) groups is 1. The Kier molecular flexibility index (Phi) is 4.86. The summed E-state index contributed by atoms with van der Waals surface area (Å²) in [6.45, 7) is 3.46. The minimum absolute atomic E-state index is 0.0587. The molecule has 0 radical (unpaired) electrons. The van der Waals surface area contributed by atoms with Crippen molar-refractivity contribution in [3.8, 4) is 0 Å². The highest BCUT2D eigenvalue weighted by molar-refractivity contribution is 7.91. The van der Waals surface area contributed by atoms with Crippen LogP contribution in [0.4, 0.5) is 5.69 Å². The van der Waals surface area contributed by atoms with Gasteiger partial charge in [0.2, 0.25) is 5.91 Å². The van der Waals surface area contributed by atoms with Gasteiger partial charge in [-0.25, -0.2) is 8.42 Å². The first-order valence-corrected chi connectivity index (χ1v) is 7.33. The average molecular weight is 270 g/mol. The Labute approximate surface area is 108 Å². The van der Waals surface area contributed by atoms with Crippen molar-refractivity contribution >= 4 is 21.4 Å². The zero-order valence-electron chi connectivity index (χ0n) is 10.8. The fourth-order valence-corrected chi connectivity index (χ4v) is 2.76. The van der Waals surface area contributed by atoms with Gasteiger partial charge >= 0.3 is 0 Å². The van der Waals surface area contributed by atoms with Crippen LogP contribution in [0.25, 0.3) is 0 Å². The standard InChI is InChI=1S/C12H18N2O3S/c1-4-18(16,17)12-6-5-11(14-9(2)15)7-10(12)8-13-3/h5-7,13H,4,8H2,1-3H3,(H,14,15). The molecule has 0 spiro atoms. The highest BCUT2D eigenvalue weighted by Crippen LogP contribution is 2.21. The van der Waals surface area contributed by atoms with Crippen LogP contribution in [-0.4, -0.2) is 27.1 Å². The number of hydrogen-bond acceptors (Lipinski definition) is 4. The van der Waals surface area contributed by atoms with E-state index in [2.05, 4.69) is 10.6 Å². The van der Waals surface area contributed by atoms with Gasteiger partial charge < -0.3 is 10.6 Å². The molecule has 1 aromatic rings. The molecule has 2 N–H and O–H groups in total. The molecule has 0 unspecified atom stereocenters. The van der Waals surface area contributed by atoms with E-state index in [1.807, 2.05) is 0 Å². The Morgan fingerprint density at radius 3 is 2.50 bits per heavy atom. The maximum atomic E-state index is 11.9. The van der Waals surface area contributed by atoms with Crippen molar-refractivity contribution in [1.82, 2.24) is 5.32 Å². The molecule has 18 heavy (non-hydrogen) atoms. The molecule has 1 aromatic carbocycles. The summed E-state index contributed by atoms with van der Waals surface area (Å²) in [6.07, 6.45) is 0. The number of carbonyl (C=O) groups excluding carboxylic acids is 1. The smallest absolute Gasteiger partial charge is 0.221 e. The van der Waals surface area contributed by atoms with Crippen molar-refractivity contribution in [2.24, 2.45) is 0 Å². The highest BCUT2D eigenvalue weighted by Gasteiger charge is 2.16. The van der Waals surface area contributed by atoms with Crippen LogP contribution in [0.15, 0.2) is 23.1 Å². The van der Waals surface area contributed by atoms with Crippen LogP contribution < -0.4 is 10.6 Å². The average Bonchev–Trinajstić information content (AvgIpc) is 2.28. The first-order valence-electron chi connectivity index (χ1n) is 5.68. The maximum absolute atomic E-state index is 11.9. The maximum Gasteiger partial charge on any atom is 0.221 e. The number of nitrogens with one attached hydrogen (secondary N) is 2. The molecule has 1 rings (SSSR count). The Bertz CT molecular complexity index is 538. The van der Waals surface area contributed by atoms with E-state index < -0.39 is 9.84 Å². The van der Waals surface area contributed by atoms with E-state index in [0.717, 1.165) is 0 Å². The van der Waals surface area contributed by atoms with E-state index in [1.54, 1.807) is 26.1 Å². The van der Waals surface area contributed by atoms with Crippen molar-refractivity contribution < 1.29 is 13.2 Å². The van der Waals surface area contributed by atoms with Gasteiger partial charge in [-0.15, -0.1) is 0 Å². The van der Waals surface area contributed by atoms with Crippen molar-refractivity contribution in [1.29, 1.82) is 0 Å². The second-order valence-corrected chi connectivity index (χ2v) is 6.18. The second kappa shape index (κ2) is 5.97. The van der Waals surface area contributed by atoms with Crippen LogP contribution in [0.5, 0.6) is 0 Å². The van der Waals surface area contributed by atoms with Gasteiger partial charge in [-0.05, 0) is 30.8 Å². The number of sulfone groups is 1. The predicted octanol–water partition coefficient (Wildman–Crippen LogP) is 1.16. The van der Waals surface area contributed by atoms with E-state index in [9.17, 15) is 13.2 Å². The molecule has 0 aromatic heterocycles. The summed E-state index contributed by atoms with van der Waals surface area (Å²) in [4.78, 5) is 11.3. The molecule has 0 heterocycles. The van der Waals surface area contributed by atoms with Gasteiger partial charge in [-0.1, -0.05) is 6.92 Å². The molecule has 0 fully saturated rings. The van der Waals surface area contributed by atoms with Crippen LogP contribution >= 0.6 is 0 Å².